The molecule has 1 heterocycles. The molecule has 1 aromatic heterocycles. The van der Waals surface area contributed by atoms with E-state index in [-0.39, 0.29) is 12.1 Å². The molecule has 1 rings (SSSR count). The highest BCUT2D eigenvalue weighted by molar-refractivity contribution is 7.99. The second-order valence-electron chi connectivity index (χ2n) is 4.32. The maximum absolute atomic E-state index is 9.23. The summed E-state index contributed by atoms with van der Waals surface area (Å²) < 4.78 is 0. The van der Waals surface area contributed by atoms with Crippen LogP contribution < -0.4 is 5.32 Å². The molecule has 0 saturated heterocycles. The summed E-state index contributed by atoms with van der Waals surface area (Å²) in [6.07, 6.45) is 8.40. The Balaban J connectivity index is 2.13. The van der Waals surface area contributed by atoms with Crippen LogP contribution in [0.5, 0.6) is 0 Å². The van der Waals surface area contributed by atoms with E-state index in [0.717, 1.165) is 30.0 Å². The third kappa shape index (κ3) is 5.48. The number of aromatic nitrogens is 2. The van der Waals surface area contributed by atoms with Gasteiger partial charge < -0.3 is 10.4 Å². The van der Waals surface area contributed by atoms with Crippen LogP contribution in [0.3, 0.4) is 0 Å². The Morgan fingerprint density at radius 1 is 1.41 bits per heavy atom. The number of likely N-dealkylation sites (N-methyl/N-ethyl adjacent to an activating group) is 1. The van der Waals surface area contributed by atoms with E-state index in [1.807, 2.05) is 14.0 Å². The van der Waals surface area contributed by atoms with Crippen LogP contribution in [0, 0.1) is 0 Å². The number of hydrogen-bond acceptors (Lipinski definition) is 5. The van der Waals surface area contributed by atoms with Gasteiger partial charge in [-0.2, -0.15) is 0 Å². The van der Waals surface area contributed by atoms with Gasteiger partial charge >= 0.3 is 0 Å². The van der Waals surface area contributed by atoms with Crippen molar-refractivity contribution in [3.8, 4) is 0 Å². The number of rotatable bonds is 8. The molecule has 0 aliphatic carbocycles. The van der Waals surface area contributed by atoms with Crippen LogP contribution in [0.2, 0.25) is 0 Å². The summed E-state index contributed by atoms with van der Waals surface area (Å²) in [6, 6.07) is 0. The van der Waals surface area contributed by atoms with Crippen LogP contribution in [0.15, 0.2) is 23.6 Å². The van der Waals surface area contributed by atoms with Crippen molar-refractivity contribution < 1.29 is 5.11 Å². The molecule has 0 bridgehead atoms. The quantitative estimate of drug-likeness (QED) is 0.547. The minimum atomic E-state index is -0.142. The standard InChI is InChI=1S/C12H21N3OS/c1-12(10-16,13-2)5-3-4-8-17-11-9-14-6-7-15-11/h6-7,9,13,16H,3-5,8,10H2,1-2H3. The average molecular weight is 255 g/mol. The highest BCUT2D eigenvalue weighted by atomic mass is 32.2. The number of nitrogens with one attached hydrogen (secondary N) is 1. The second kappa shape index (κ2) is 7.63. The number of aliphatic hydroxyl groups is 1. The van der Waals surface area contributed by atoms with Crippen molar-refractivity contribution in [2.45, 2.75) is 36.8 Å². The molecule has 17 heavy (non-hydrogen) atoms. The van der Waals surface area contributed by atoms with E-state index in [2.05, 4.69) is 15.3 Å². The summed E-state index contributed by atoms with van der Waals surface area (Å²) in [5.41, 5.74) is -0.142. The van der Waals surface area contributed by atoms with Crippen LogP contribution in [0.25, 0.3) is 0 Å². The Morgan fingerprint density at radius 3 is 2.82 bits per heavy atom. The molecule has 0 fully saturated rings. The van der Waals surface area contributed by atoms with Gasteiger partial charge in [0.25, 0.3) is 0 Å². The van der Waals surface area contributed by atoms with Gasteiger partial charge in [0.1, 0.15) is 5.03 Å². The van der Waals surface area contributed by atoms with Crippen molar-refractivity contribution in [1.29, 1.82) is 0 Å². The second-order valence-corrected chi connectivity index (χ2v) is 5.43. The predicted octanol–water partition coefficient (Wildman–Crippen LogP) is 1.71. The van der Waals surface area contributed by atoms with Gasteiger partial charge in [0, 0.05) is 17.9 Å². The van der Waals surface area contributed by atoms with Gasteiger partial charge in [-0.3, -0.25) is 4.98 Å². The zero-order valence-electron chi connectivity index (χ0n) is 10.5. The van der Waals surface area contributed by atoms with Crippen LogP contribution in [0.1, 0.15) is 26.2 Å². The highest BCUT2D eigenvalue weighted by Crippen LogP contribution is 2.18. The van der Waals surface area contributed by atoms with Crippen LogP contribution >= 0.6 is 11.8 Å². The smallest absolute Gasteiger partial charge is 0.114 e. The average Bonchev–Trinajstić information content (AvgIpc) is 2.39. The van der Waals surface area contributed by atoms with Gasteiger partial charge in [0.2, 0.25) is 0 Å². The first-order valence-electron chi connectivity index (χ1n) is 5.89. The normalized spacial score (nSPS) is 14.5. The monoisotopic (exact) mass is 255 g/mol. The molecule has 0 aliphatic heterocycles. The molecule has 0 aromatic carbocycles. The summed E-state index contributed by atoms with van der Waals surface area (Å²) in [5, 5.41) is 13.4. The number of unbranched alkanes of at least 4 members (excludes halogenated alkanes) is 1. The molecular weight excluding hydrogens is 234 g/mol. The number of aliphatic hydroxyl groups excluding tert-OH is 1. The van der Waals surface area contributed by atoms with Gasteiger partial charge in [0.05, 0.1) is 12.8 Å². The van der Waals surface area contributed by atoms with Crippen molar-refractivity contribution >= 4 is 11.8 Å². The molecule has 0 amide bonds. The Bertz CT molecular complexity index is 304. The van der Waals surface area contributed by atoms with E-state index in [1.165, 1.54) is 0 Å². The zero-order chi connectivity index (χ0) is 12.6. The minimum Gasteiger partial charge on any atom is -0.394 e. The maximum Gasteiger partial charge on any atom is 0.114 e. The molecule has 96 valence electrons. The molecule has 5 heteroatoms. The molecule has 2 N–H and O–H groups in total. The lowest BCUT2D eigenvalue weighted by atomic mass is 9.96. The molecule has 4 nitrogen and oxygen atoms in total. The third-order valence-electron chi connectivity index (χ3n) is 2.86. The lowest BCUT2D eigenvalue weighted by Crippen LogP contribution is -2.43. The lowest BCUT2D eigenvalue weighted by molar-refractivity contribution is 0.171. The Morgan fingerprint density at radius 2 is 2.24 bits per heavy atom. The van der Waals surface area contributed by atoms with Crippen molar-refractivity contribution in [2.24, 2.45) is 0 Å². The van der Waals surface area contributed by atoms with Gasteiger partial charge in [-0.15, -0.1) is 11.8 Å². The molecule has 0 spiro atoms. The summed E-state index contributed by atoms with van der Waals surface area (Å²) in [5.74, 6) is 1.05. The van der Waals surface area contributed by atoms with Gasteiger partial charge in [-0.1, -0.05) is 6.42 Å². The van der Waals surface area contributed by atoms with Crippen molar-refractivity contribution in [2.75, 3.05) is 19.4 Å². The summed E-state index contributed by atoms with van der Waals surface area (Å²) in [4.78, 5) is 8.23. The first-order chi connectivity index (χ1) is 8.20. The first kappa shape index (κ1) is 14.4. The maximum atomic E-state index is 9.23. The molecular formula is C12H21N3OS. The first-order valence-corrected chi connectivity index (χ1v) is 6.87. The van der Waals surface area contributed by atoms with Crippen molar-refractivity contribution in [3.05, 3.63) is 18.6 Å². The molecule has 1 atom stereocenters. The fraction of sp³-hybridized carbons (Fsp3) is 0.667. The molecule has 1 unspecified atom stereocenters. The highest BCUT2D eigenvalue weighted by Gasteiger charge is 2.19. The zero-order valence-corrected chi connectivity index (χ0v) is 11.3. The van der Waals surface area contributed by atoms with E-state index in [9.17, 15) is 5.11 Å². The van der Waals surface area contributed by atoms with Gasteiger partial charge in [-0.05, 0) is 32.6 Å². The van der Waals surface area contributed by atoms with Gasteiger partial charge in [0.15, 0.2) is 0 Å². The lowest BCUT2D eigenvalue weighted by Gasteiger charge is -2.26. The predicted molar refractivity (Wildman–Crippen MR) is 71.2 cm³/mol. The molecule has 0 radical (unpaired) electrons. The minimum absolute atomic E-state index is 0.142. The van der Waals surface area contributed by atoms with Crippen molar-refractivity contribution in [1.82, 2.24) is 15.3 Å². The Hall–Kier alpha value is -0.650. The fourth-order valence-corrected chi connectivity index (χ4v) is 2.27. The van der Waals surface area contributed by atoms with E-state index in [4.69, 9.17) is 0 Å². The van der Waals surface area contributed by atoms with E-state index < -0.39 is 0 Å². The summed E-state index contributed by atoms with van der Waals surface area (Å²) >= 11 is 1.73. The topological polar surface area (TPSA) is 58.0 Å². The number of hydrogen-bond donors (Lipinski definition) is 2. The number of thioether (sulfide) groups is 1. The molecule has 1 aromatic rings. The Kier molecular flexibility index (Phi) is 6.47. The Labute approximate surface area is 107 Å². The number of nitrogens with zero attached hydrogens (tertiary/aromatic N) is 2. The van der Waals surface area contributed by atoms with Crippen LogP contribution in [-0.2, 0) is 0 Å². The molecule has 0 saturated carbocycles. The fourth-order valence-electron chi connectivity index (χ4n) is 1.44. The van der Waals surface area contributed by atoms with E-state index in [1.54, 1.807) is 30.4 Å². The van der Waals surface area contributed by atoms with Gasteiger partial charge in [-0.25, -0.2) is 4.98 Å². The molecule has 0 aliphatic rings. The van der Waals surface area contributed by atoms with Crippen molar-refractivity contribution in [3.63, 3.8) is 0 Å². The third-order valence-corrected chi connectivity index (χ3v) is 3.86. The van der Waals surface area contributed by atoms with Crippen LogP contribution in [0.4, 0.5) is 0 Å². The van der Waals surface area contributed by atoms with Crippen LogP contribution in [-0.4, -0.2) is 40.0 Å². The SMILES string of the molecule is CNC(C)(CO)CCCCSc1cnccn1. The summed E-state index contributed by atoms with van der Waals surface area (Å²) in [6.45, 7) is 2.23. The largest absolute Gasteiger partial charge is 0.394 e. The van der Waals surface area contributed by atoms with E-state index >= 15 is 0 Å². The summed E-state index contributed by atoms with van der Waals surface area (Å²) in [7, 11) is 1.89. The van der Waals surface area contributed by atoms with E-state index in [0.29, 0.717) is 0 Å².